The molecule has 0 radical (unpaired) electrons. The van der Waals surface area contributed by atoms with E-state index in [0.717, 1.165) is 18.4 Å². The molecule has 0 amide bonds. The van der Waals surface area contributed by atoms with Crippen LogP contribution in [-0.2, 0) is 0 Å². The van der Waals surface area contributed by atoms with Gasteiger partial charge in [0.15, 0.2) is 5.78 Å². The maximum absolute atomic E-state index is 11.6. The third-order valence-corrected chi connectivity index (χ3v) is 2.34. The first-order valence-electron chi connectivity index (χ1n) is 5.40. The van der Waals surface area contributed by atoms with Crippen LogP contribution in [0, 0.1) is 10.1 Å². The van der Waals surface area contributed by atoms with E-state index in [1.807, 2.05) is 18.2 Å². The summed E-state index contributed by atoms with van der Waals surface area (Å²) >= 11 is 0. The second kappa shape index (κ2) is 6.71. The van der Waals surface area contributed by atoms with Crippen LogP contribution in [0.15, 0.2) is 30.3 Å². The zero-order valence-electron chi connectivity index (χ0n) is 9.09. The Morgan fingerprint density at radius 3 is 2.44 bits per heavy atom. The summed E-state index contributed by atoms with van der Waals surface area (Å²) in [5.41, 5.74) is 0.719. The van der Waals surface area contributed by atoms with Crippen LogP contribution in [0.3, 0.4) is 0 Å². The molecule has 0 fully saturated rings. The summed E-state index contributed by atoms with van der Waals surface area (Å²) in [6.07, 6.45) is 2.48. The maximum Gasteiger partial charge on any atom is 0.203 e. The van der Waals surface area contributed by atoms with Gasteiger partial charge in [-0.1, -0.05) is 30.3 Å². The molecule has 1 aromatic rings. The molecular weight excluding hydrogens is 206 g/mol. The summed E-state index contributed by atoms with van der Waals surface area (Å²) in [5, 5.41) is 10.1. The van der Waals surface area contributed by atoms with Crippen molar-refractivity contribution in [3.05, 3.63) is 46.0 Å². The number of carbonyl (C=O) groups is 1. The van der Waals surface area contributed by atoms with E-state index in [1.165, 1.54) is 0 Å². The number of hydrogen-bond acceptors (Lipinski definition) is 3. The molecule has 1 rings (SSSR count). The monoisotopic (exact) mass is 221 g/mol. The molecule has 0 spiro atoms. The summed E-state index contributed by atoms with van der Waals surface area (Å²) in [4.78, 5) is 21.3. The van der Waals surface area contributed by atoms with Gasteiger partial charge in [0.2, 0.25) is 6.54 Å². The van der Waals surface area contributed by atoms with Gasteiger partial charge in [-0.15, -0.1) is 0 Å². The van der Waals surface area contributed by atoms with E-state index in [4.69, 9.17) is 0 Å². The number of carbonyl (C=O) groups excluding carboxylic acids is 1. The largest absolute Gasteiger partial charge is 0.294 e. The normalized spacial score (nSPS) is 10.0. The maximum atomic E-state index is 11.6. The molecule has 1 aromatic carbocycles. The van der Waals surface area contributed by atoms with Gasteiger partial charge in [0.05, 0.1) is 0 Å². The highest BCUT2D eigenvalue weighted by atomic mass is 16.6. The molecule has 4 heteroatoms. The second-order valence-electron chi connectivity index (χ2n) is 3.66. The first-order chi connectivity index (χ1) is 7.70. The number of benzene rings is 1. The highest BCUT2D eigenvalue weighted by molar-refractivity contribution is 5.95. The van der Waals surface area contributed by atoms with Gasteiger partial charge in [0.25, 0.3) is 0 Å². The number of unbranched alkanes of at least 4 members (excludes halogenated alkanes) is 2. The number of rotatable bonds is 7. The molecule has 0 aromatic heterocycles. The fraction of sp³-hybridized carbons (Fsp3) is 0.417. The van der Waals surface area contributed by atoms with Gasteiger partial charge in [0.1, 0.15) is 0 Å². The lowest BCUT2D eigenvalue weighted by molar-refractivity contribution is -0.480. The Kier molecular flexibility index (Phi) is 5.19. The van der Waals surface area contributed by atoms with Crippen LogP contribution in [0.25, 0.3) is 0 Å². The molecule has 0 heterocycles. The minimum atomic E-state index is -0.320. The average Bonchev–Trinajstić information content (AvgIpc) is 2.29. The van der Waals surface area contributed by atoms with Gasteiger partial charge in [-0.3, -0.25) is 14.9 Å². The van der Waals surface area contributed by atoms with E-state index >= 15 is 0 Å². The summed E-state index contributed by atoms with van der Waals surface area (Å²) in [5.74, 6) is 0.113. The molecule has 4 nitrogen and oxygen atoms in total. The van der Waals surface area contributed by atoms with Crippen molar-refractivity contribution in [1.29, 1.82) is 0 Å². The predicted octanol–water partition coefficient (Wildman–Crippen LogP) is 2.71. The van der Waals surface area contributed by atoms with Gasteiger partial charge in [-0.05, 0) is 12.8 Å². The van der Waals surface area contributed by atoms with Crippen LogP contribution < -0.4 is 0 Å². The fourth-order valence-corrected chi connectivity index (χ4v) is 1.47. The summed E-state index contributed by atoms with van der Waals surface area (Å²) in [6, 6.07) is 9.12. The third-order valence-electron chi connectivity index (χ3n) is 2.34. The lowest BCUT2D eigenvalue weighted by atomic mass is 10.0. The van der Waals surface area contributed by atoms with E-state index in [9.17, 15) is 14.9 Å². The standard InChI is InChI=1S/C12H15NO3/c14-12(11-7-3-1-4-8-11)9-5-2-6-10-13(15)16/h1,3-4,7-8H,2,5-6,9-10H2. The summed E-state index contributed by atoms with van der Waals surface area (Å²) < 4.78 is 0. The Bertz CT molecular complexity index is 349. The van der Waals surface area contributed by atoms with Gasteiger partial charge < -0.3 is 0 Å². The molecule has 0 aliphatic rings. The smallest absolute Gasteiger partial charge is 0.203 e. The number of Topliss-reactive ketones (excluding diaryl/α,β-unsaturated/α-hetero) is 1. The van der Waals surface area contributed by atoms with Gasteiger partial charge >= 0.3 is 0 Å². The van der Waals surface area contributed by atoms with Crippen LogP contribution in [0.4, 0.5) is 0 Å². The topological polar surface area (TPSA) is 60.2 Å². The van der Waals surface area contributed by atoms with Gasteiger partial charge in [-0.2, -0.15) is 0 Å². The van der Waals surface area contributed by atoms with Crippen molar-refractivity contribution < 1.29 is 9.72 Å². The van der Waals surface area contributed by atoms with Crippen molar-refractivity contribution >= 4 is 5.78 Å². The van der Waals surface area contributed by atoms with Crippen LogP contribution in [0.2, 0.25) is 0 Å². The minimum Gasteiger partial charge on any atom is -0.294 e. The lowest BCUT2D eigenvalue weighted by Gasteiger charge is -1.99. The highest BCUT2D eigenvalue weighted by Gasteiger charge is 2.04. The number of nitro groups is 1. The molecule has 0 saturated carbocycles. The van der Waals surface area contributed by atoms with E-state index in [-0.39, 0.29) is 17.3 Å². The number of ketones is 1. The van der Waals surface area contributed by atoms with E-state index in [1.54, 1.807) is 12.1 Å². The number of hydrogen-bond donors (Lipinski definition) is 0. The van der Waals surface area contributed by atoms with Crippen LogP contribution >= 0.6 is 0 Å². The molecule has 0 aliphatic carbocycles. The minimum absolute atomic E-state index is 0.000469. The lowest BCUT2D eigenvalue weighted by Crippen LogP contribution is -2.02. The van der Waals surface area contributed by atoms with E-state index < -0.39 is 0 Å². The second-order valence-corrected chi connectivity index (χ2v) is 3.66. The quantitative estimate of drug-likeness (QED) is 0.308. The van der Waals surface area contributed by atoms with Crippen molar-refractivity contribution in [3.8, 4) is 0 Å². The summed E-state index contributed by atoms with van der Waals surface area (Å²) in [6.45, 7) is -0.000469. The van der Waals surface area contributed by atoms with Crippen molar-refractivity contribution in [2.75, 3.05) is 6.54 Å². The van der Waals surface area contributed by atoms with Crippen molar-refractivity contribution in [1.82, 2.24) is 0 Å². The Balaban J connectivity index is 2.19. The Morgan fingerprint density at radius 2 is 1.81 bits per heavy atom. The highest BCUT2D eigenvalue weighted by Crippen LogP contribution is 2.07. The Morgan fingerprint density at radius 1 is 1.12 bits per heavy atom. The van der Waals surface area contributed by atoms with Crippen molar-refractivity contribution in [3.63, 3.8) is 0 Å². The molecule has 0 atom stereocenters. The Labute approximate surface area is 94.4 Å². The molecule has 16 heavy (non-hydrogen) atoms. The zero-order valence-corrected chi connectivity index (χ0v) is 9.09. The average molecular weight is 221 g/mol. The van der Waals surface area contributed by atoms with Crippen molar-refractivity contribution in [2.45, 2.75) is 25.7 Å². The molecule has 0 unspecified atom stereocenters. The molecule has 0 N–H and O–H groups in total. The fourth-order valence-electron chi connectivity index (χ4n) is 1.47. The molecular formula is C12H15NO3. The number of nitrogens with zero attached hydrogens (tertiary/aromatic N) is 1. The first kappa shape index (κ1) is 12.4. The third kappa shape index (κ3) is 4.68. The SMILES string of the molecule is O=C(CCCCC[N+](=O)[O-])c1ccccc1. The van der Waals surface area contributed by atoms with Crippen molar-refractivity contribution in [2.24, 2.45) is 0 Å². The predicted molar refractivity (Wildman–Crippen MR) is 61.1 cm³/mol. The van der Waals surface area contributed by atoms with Crippen LogP contribution in [0.1, 0.15) is 36.0 Å². The molecule has 86 valence electrons. The van der Waals surface area contributed by atoms with E-state index in [2.05, 4.69) is 0 Å². The molecule has 0 saturated heterocycles. The van der Waals surface area contributed by atoms with Gasteiger partial charge in [-0.25, -0.2) is 0 Å². The van der Waals surface area contributed by atoms with E-state index in [0.29, 0.717) is 12.8 Å². The Hall–Kier alpha value is -1.71. The first-order valence-corrected chi connectivity index (χ1v) is 5.40. The molecule has 0 bridgehead atoms. The summed E-state index contributed by atoms with van der Waals surface area (Å²) in [7, 11) is 0. The molecule has 0 aliphatic heterocycles. The van der Waals surface area contributed by atoms with Crippen LogP contribution in [0.5, 0.6) is 0 Å². The zero-order chi connectivity index (χ0) is 11.8. The van der Waals surface area contributed by atoms with Crippen LogP contribution in [-0.4, -0.2) is 17.3 Å². The van der Waals surface area contributed by atoms with Gasteiger partial charge in [0, 0.05) is 23.3 Å².